The molecule has 0 aliphatic carbocycles. The predicted octanol–water partition coefficient (Wildman–Crippen LogP) is 2.57. The maximum absolute atomic E-state index is 12.6. The SMILES string of the molecule is CC(C)(C)OC(=O)CN1CCN(CC(=O)OC(C)(C)C)CCN(C(CCC(=O)OCc2ccccc2)C(=O)O)CC1. The molecular weight excluding hydrogens is 530 g/mol. The number of carboxylic acids is 1. The number of hydrogen-bond donors (Lipinski definition) is 1. The molecule has 1 atom stereocenters. The highest BCUT2D eigenvalue weighted by Crippen LogP contribution is 2.14. The highest BCUT2D eigenvalue weighted by atomic mass is 16.6. The Morgan fingerprint density at radius 2 is 1.22 bits per heavy atom. The van der Waals surface area contributed by atoms with Crippen molar-refractivity contribution >= 4 is 23.9 Å². The minimum atomic E-state index is -1.04. The van der Waals surface area contributed by atoms with Gasteiger partial charge in [-0.05, 0) is 53.5 Å². The van der Waals surface area contributed by atoms with Gasteiger partial charge in [-0.3, -0.25) is 33.9 Å². The zero-order valence-electron chi connectivity index (χ0n) is 25.4. The molecule has 2 rings (SSSR count). The maximum Gasteiger partial charge on any atom is 0.320 e. The summed E-state index contributed by atoms with van der Waals surface area (Å²) in [6.07, 6.45) is 0.0185. The van der Waals surface area contributed by atoms with Crippen LogP contribution in [0.5, 0.6) is 0 Å². The molecule has 1 heterocycles. The maximum atomic E-state index is 12.6. The molecule has 0 radical (unpaired) electrons. The molecule has 1 saturated heterocycles. The Kier molecular flexibility index (Phi) is 13.2. The standard InChI is InChI=1S/C30H47N3O8/c1-29(2,3)40-26(35)20-31-14-15-32(21-27(36)41-30(4,5)6)17-19-33(18-16-31)24(28(37)38)12-13-25(34)39-22-23-10-8-7-9-11-23/h7-11,24H,12-22H2,1-6H3,(H,37,38). The molecule has 0 amide bonds. The lowest BCUT2D eigenvalue weighted by Gasteiger charge is -2.31. The van der Waals surface area contributed by atoms with Crippen molar-refractivity contribution in [2.45, 2.75) is 78.2 Å². The molecule has 1 N–H and O–H groups in total. The second-order valence-electron chi connectivity index (χ2n) is 12.3. The fraction of sp³-hybridized carbons (Fsp3) is 0.667. The second kappa shape index (κ2) is 15.8. The van der Waals surface area contributed by atoms with Crippen molar-refractivity contribution in [2.75, 3.05) is 52.4 Å². The zero-order valence-corrected chi connectivity index (χ0v) is 25.4. The van der Waals surface area contributed by atoms with Crippen LogP contribution in [0.2, 0.25) is 0 Å². The third-order valence-electron chi connectivity index (χ3n) is 6.28. The summed E-state index contributed by atoms with van der Waals surface area (Å²) in [5.74, 6) is -2.27. The Morgan fingerprint density at radius 1 is 0.756 bits per heavy atom. The smallest absolute Gasteiger partial charge is 0.320 e. The van der Waals surface area contributed by atoms with Gasteiger partial charge in [0.1, 0.15) is 23.9 Å². The molecule has 11 nitrogen and oxygen atoms in total. The molecule has 1 aliphatic heterocycles. The molecule has 1 aromatic rings. The number of ether oxygens (including phenoxy) is 3. The quantitative estimate of drug-likeness (QED) is 0.308. The van der Waals surface area contributed by atoms with Gasteiger partial charge in [0.2, 0.25) is 0 Å². The second-order valence-corrected chi connectivity index (χ2v) is 12.3. The summed E-state index contributed by atoms with van der Waals surface area (Å²) in [5, 5.41) is 10.1. The topological polar surface area (TPSA) is 126 Å². The molecule has 0 spiro atoms. The molecule has 11 heteroatoms. The van der Waals surface area contributed by atoms with Gasteiger partial charge in [-0.15, -0.1) is 0 Å². The number of aliphatic carboxylic acids is 1. The molecule has 0 saturated carbocycles. The van der Waals surface area contributed by atoms with E-state index in [0.29, 0.717) is 39.3 Å². The van der Waals surface area contributed by atoms with Crippen molar-refractivity contribution in [1.29, 1.82) is 0 Å². The van der Waals surface area contributed by atoms with Crippen molar-refractivity contribution in [3.05, 3.63) is 35.9 Å². The van der Waals surface area contributed by atoms with Crippen LogP contribution in [0.4, 0.5) is 0 Å². The normalized spacial score (nSPS) is 17.0. The molecule has 0 bridgehead atoms. The number of esters is 3. The number of carbonyl (C=O) groups is 4. The van der Waals surface area contributed by atoms with Crippen molar-refractivity contribution < 1.29 is 38.5 Å². The summed E-state index contributed by atoms with van der Waals surface area (Å²) in [4.78, 5) is 55.5. The van der Waals surface area contributed by atoms with Crippen LogP contribution in [0.3, 0.4) is 0 Å². The molecule has 0 aromatic heterocycles. The zero-order chi connectivity index (χ0) is 30.6. The first-order valence-electron chi connectivity index (χ1n) is 14.2. The van der Waals surface area contributed by atoms with Gasteiger partial charge in [0.05, 0.1) is 13.1 Å². The molecule has 1 aliphatic rings. The first kappa shape index (κ1) is 34.2. The average molecular weight is 578 g/mol. The van der Waals surface area contributed by atoms with Gasteiger partial charge in [-0.25, -0.2) is 0 Å². The summed E-state index contributed by atoms with van der Waals surface area (Å²) in [6, 6.07) is 8.34. The van der Waals surface area contributed by atoms with Crippen LogP contribution in [-0.4, -0.2) is 113 Å². The molecule has 1 aromatic carbocycles. The van der Waals surface area contributed by atoms with Gasteiger partial charge in [0, 0.05) is 45.7 Å². The van der Waals surface area contributed by atoms with E-state index in [1.54, 1.807) is 46.4 Å². The van der Waals surface area contributed by atoms with Crippen LogP contribution >= 0.6 is 0 Å². The Morgan fingerprint density at radius 3 is 1.66 bits per heavy atom. The number of carbonyl (C=O) groups excluding carboxylic acids is 3. The van der Waals surface area contributed by atoms with Gasteiger partial charge in [0.25, 0.3) is 0 Å². The van der Waals surface area contributed by atoms with Crippen molar-refractivity contribution in [3.63, 3.8) is 0 Å². The molecule has 1 fully saturated rings. The van der Waals surface area contributed by atoms with Gasteiger partial charge in [-0.2, -0.15) is 0 Å². The van der Waals surface area contributed by atoms with E-state index < -0.39 is 29.2 Å². The van der Waals surface area contributed by atoms with Crippen LogP contribution < -0.4 is 0 Å². The fourth-order valence-corrected chi connectivity index (χ4v) is 4.43. The van der Waals surface area contributed by atoms with E-state index in [9.17, 15) is 24.3 Å². The lowest BCUT2D eigenvalue weighted by molar-refractivity contribution is -0.158. The number of carboxylic acid groups (broad SMARTS) is 1. The van der Waals surface area contributed by atoms with Gasteiger partial charge in [0.15, 0.2) is 0 Å². The summed E-state index contributed by atoms with van der Waals surface area (Å²) < 4.78 is 16.3. The molecular formula is C30H47N3O8. The molecule has 41 heavy (non-hydrogen) atoms. The van der Waals surface area contributed by atoms with Gasteiger partial charge >= 0.3 is 23.9 Å². The third-order valence-corrected chi connectivity index (χ3v) is 6.28. The lowest BCUT2D eigenvalue weighted by Crippen LogP contribution is -2.47. The van der Waals surface area contributed by atoms with E-state index >= 15 is 0 Å². The minimum Gasteiger partial charge on any atom is -0.480 e. The number of benzene rings is 1. The number of nitrogens with zero attached hydrogens (tertiary/aromatic N) is 3. The highest BCUT2D eigenvalue weighted by molar-refractivity contribution is 5.76. The summed E-state index contributed by atoms with van der Waals surface area (Å²) >= 11 is 0. The van der Waals surface area contributed by atoms with Crippen LogP contribution in [0.25, 0.3) is 0 Å². The van der Waals surface area contributed by atoms with Crippen LogP contribution in [-0.2, 0) is 40.0 Å². The van der Waals surface area contributed by atoms with Crippen LogP contribution in [0.15, 0.2) is 30.3 Å². The monoisotopic (exact) mass is 577 g/mol. The average Bonchev–Trinajstić information content (AvgIpc) is 2.93. The Hall–Kier alpha value is -3.02. The van der Waals surface area contributed by atoms with E-state index in [2.05, 4.69) is 0 Å². The van der Waals surface area contributed by atoms with E-state index in [0.717, 1.165) is 5.56 Å². The number of hydrogen-bond acceptors (Lipinski definition) is 10. The predicted molar refractivity (Wildman–Crippen MR) is 153 cm³/mol. The van der Waals surface area contributed by atoms with Gasteiger partial charge < -0.3 is 19.3 Å². The van der Waals surface area contributed by atoms with E-state index in [-0.39, 0.29) is 44.5 Å². The van der Waals surface area contributed by atoms with Gasteiger partial charge in [-0.1, -0.05) is 30.3 Å². The Bertz CT molecular complexity index is 961. The fourth-order valence-electron chi connectivity index (χ4n) is 4.43. The first-order valence-corrected chi connectivity index (χ1v) is 14.2. The summed E-state index contributed by atoms with van der Waals surface area (Å²) in [6.45, 7) is 13.5. The minimum absolute atomic E-state index is 0.0366. The summed E-state index contributed by atoms with van der Waals surface area (Å²) in [7, 11) is 0. The van der Waals surface area contributed by atoms with Crippen molar-refractivity contribution in [1.82, 2.24) is 14.7 Å². The number of rotatable bonds is 11. The highest BCUT2D eigenvalue weighted by Gasteiger charge is 2.30. The van der Waals surface area contributed by atoms with E-state index in [1.807, 2.05) is 40.1 Å². The van der Waals surface area contributed by atoms with Crippen molar-refractivity contribution in [3.8, 4) is 0 Å². The third kappa shape index (κ3) is 14.4. The Labute approximate surface area is 243 Å². The van der Waals surface area contributed by atoms with Crippen LogP contribution in [0.1, 0.15) is 59.9 Å². The molecule has 230 valence electrons. The lowest BCUT2D eigenvalue weighted by atomic mass is 10.1. The van der Waals surface area contributed by atoms with Crippen molar-refractivity contribution in [2.24, 2.45) is 0 Å². The Balaban J connectivity index is 2.10. The van der Waals surface area contributed by atoms with Crippen LogP contribution in [0, 0.1) is 0 Å². The molecule has 1 unspecified atom stereocenters. The van der Waals surface area contributed by atoms with E-state index in [1.165, 1.54) is 0 Å². The summed E-state index contributed by atoms with van der Waals surface area (Å²) in [5.41, 5.74) is -0.407. The first-order chi connectivity index (χ1) is 19.1. The largest absolute Gasteiger partial charge is 0.480 e. The van der Waals surface area contributed by atoms with E-state index in [4.69, 9.17) is 14.2 Å².